The number of nitrogens with one attached hydrogen (secondary N) is 1. The van der Waals surface area contributed by atoms with Gasteiger partial charge in [0, 0.05) is 5.69 Å². The molecule has 0 aliphatic heterocycles. The molecule has 2 heteroatoms. The zero-order chi connectivity index (χ0) is 9.56. The lowest BCUT2D eigenvalue weighted by Crippen LogP contribution is -1.85. The van der Waals surface area contributed by atoms with Crippen LogP contribution in [0, 0.1) is 0 Å². The van der Waals surface area contributed by atoms with Crippen molar-refractivity contribution in [3.63, 3.8) is 0 Å². The lowest BCUT2D eigenvalue weighted by atomic mass is 10.2. The summed E-state index contributed by atoms with van der Waals surface area (Å²) >= 11 is 0. The summed E-state index contributed by atoms with van der Waals surface area (Å²) in [6.07, 6.45) is 2.78. The molecule has 1 rings (SSSR count). The molecule has 1 heterocycles. The predicted molar refractivity (Wildman–Crippen MR) is 56.0 cm³/mol. The zero-order valence-electron chi connectivity index (χ0n) is 8.15. The largest absolute Gasteiger partial charge is 0.385 e. The van der Waals surface area contributed by atoms with Crippen molar-refractivity contribution in [2.75, 3.05) is 5.73 Å². The fourth-order valence-electron chi connectivity index (χ4n) is 1.01. The van der Waals surface area contributed by atoms with Gasteiger partial charge >= 0.3 is 0 Å². The smallest absolute Gasteiger partial charge is 0.101 e. The van der Waals surface area contributed by atoms with Crippen molar-refractivity contribution < 1.29 is 0 Å². The Labute approximate surface area is 74.5 Å². The summed E-state index contributed by atoms with van der Waals surface area (Å²) in [5.41, 5.74) is 7.80. The van der Waals surface area contributed by atoms with Gasteiger partial charge in [0.2, 0.25) is 0 Å². The first-order valence-corrected chi connectivity index (χ1v) is 4.37. The van der Waals surface area contributed by atoms with Crippen LogP contribution in [0.25, 0.3) is 6.08 Å². The van der Waals surface area contributed by atoms with Crippen molar-refractivity contribution in [1.29, 1.82) is 0 Å². The third-order valence-corrected chi connectivity index (χ3v) is 1.53. The van der Waals surface area contributed by atoms with E-state index in [2.05, 4.69) is 18.5 Å². The molecular formula is C10H18N2. The van der Waals surface area contributed by atoms with Crippen LogP contribution in [-0.4, -0.2) is 4.98 Å². The molecule has 0 fully saturated rings. The molecule has 12 heavy (non-hydrogen) atoms. The molecule has 0 radical (unpaired) electrons. The van der Waals surface area contributed by atoms with Gasteiger partial charge in [0.05, 0.1) is 0 Å². The molecule has 0 spiro atoms. The van der Waals surface area contributed by atoms with Crippen molar-refractivity contribution in [3.8, 4) is 0 Å². The molecule has 1 aromatic rings. The van der Waals surface area contributed by atoms with Crippen molar-refractivity contribution in [2.45, 2.75) is 27.2 Å². The Morgan fingerprint density at radius 2 is 2.17 bits per heavy atom. The highest BCUT2D eigenvalue weighted by atomic mass is 14.8. The van der Waals surface area contributed by atoms with Crippen LogP contribution in [0.4, 0.5) is 5.82 Å². The maximum absolute atomic E-state index is 5.53. The van der Waals surface area contributed by atoms with Gasteiger partial charge in [-0.25, -0.2) is 0 Å². The Morgan fingerprint density at radius 1 is 1.58 bits per heavy atom. The third-order valence-electron chi connectivity index (χ3n) is 1.53. The van der Waals surface area contributed by atoms with Gasteiger partial charge in [0.25, 0.3) is 0 Å². The number of hydrogen-bond acceptors (Lipinski definition) is 1. The summed E-state index contributed by atoms with van der Waals surface area (Å²) in [6, 6.07) is 1.89. The van der Waals surface area contributed by atoms with Crippen LogP contribution in [0.3, 0.4) is 0 Å². The molecule has 2 nitrogen and oxygen atoms in total. The first kappa shape index (κ1) is 10.8. The lowest BCUT2D eigenvalue weighted by molar-refractivity contribution is 1.06. The van der Waals surface area contributed by atoms with E-state index in [1.807, 2.05) is 26.0 Å². The minimum Gasteiger partial charge on any atom is -0.385 e. The molecule has 0 aliphatic carbocycles. The summed E-state index contributed by atoms with van der Waals surface area (Å²) in [6.45, 7) is 9.76. The van der Waals surface area contributed by atoms with Crippen molar-refractivity contribution >= 4 is 11.9 Å². The molecule has 0 unspecified atom stereocenters. The van der Waals surface area contributed by atoms with E-state index in [1.54, 1.807) is 0 Å². The van der Waals surface area contributed by atoms with Crippen molar-refractivity contribution in [3.05, 3.63) is 23.9 Å². The van der Waals surface area contributed by atoms with Gasteiger partial charge < -0.3 is 10.7 Å². The van der Waals surface area contributed by atoms with E-state index in [4.69, 9.17) is 5.73 Å². The monoisotopic (exact) mass is 166 g/mol. The number of aromatic nitrogens is 1. The Morgan fingerprint density at radius 3 is 2.50 bits per heavy atom. The highest BCUT2D eigenvalue weighted by Gasteiger charge is 1.98. The highest BCUT2D eigenvalue weighted by Crippen LogP contribution is 2.13. The van der Waals surface area contributed by atoms with Crippen LogP contribution in [0.2, 0.25) is 0 Å². The number of nitrogens with two attached hydrogens (primary N) is 1. The molecule has 0 saturated carbocycles. The molecule has 68 valence electrons. The number of hydrogen-bond donors (Lipinski definition) is 2. The SMILES string of the molecule is C=Cc1cc(N)[nH]c1CC.CC. The Balaban J connectivity index is 0.000000561. The molecule has 1 aromatic heterocycles. The maximum Gasteiger partial charge on any atom is 0.101 e. The predicted octanol–water partition coefficient (Wildman–Crippen LogP) is 2.83. The third kappa shape index (κ3) is 2.46. The van der Waals surface area contributed by atoms with Crippen LogP contribution >= 0.6 is 0 Å². The van der Waals surface area contributed by atoms with Crippen molar-refractivity contribution in [2.24, 2.45) is 0 Å². The number of H-pyrrole nitrogens is 1. The average Bonchev–Trinajstić information content (AvgIpc) is 2.49. The standard InChI is InChI=1S/C8H12N2.C2H6/c1-3-6-5-8(9)10-7(6)4-2;1-2/h3,5,10H,1,4,9H2,2H3;1-2H3. The van der Waals surface area contributed by atoms with Gasteiger partial charge in [-0.05, 0) is 18.1 Å². The maximum atomic E-state index is 5.53. The quantitative estimate of drug-likeness (QED) is 0.697. The average molecular weight is 166 g/mol. The molecular weight excluding hydrogens is 148 g/mol. The molecule has 0 aliphatic rings. The first-order chi connectivity index (χ1) is 5.77. The van der Waals surface area contributed by atoms with Gasteiger partial charge in [-0.15, -0.1) is 0 Å². The Hall–Kier alpha value is -1.18. The Kier molecular flexibility index (Phi) is 4.93. The van der Waals surface area contributed by atoms with E-state index in [0.717, 1.165) is 17.7 Å². The zero-order valence-corrected chi connectivity index (χ0v) is 8.15. The molecule has 0 aromatic carbocycles. The second-order valence-electron chi connectivity index (χ2n) is 2.22. The van der Waals surface area contributed by atoms with E-state index < -0.39 is 0 Å². The summed E-state index contributed by atoms with van der Waals surface area (Å²) in [7, 11) is 0. The van der Waals surface area contributed by atoms with Gasteiger partial charge in [0.1, 0.15) is 5.82 Å². The van der Waals surface area contributed by atoms with E-state index >= 15 is 0 Å². The van der Waals surface area contributed by atoms with Gasteiger partial charge in [0.15, 0.2) is 0 Å². The van der Waals surface area contributed by atoms with Crippen molar-refractivity contribution in [1.82, 2.24) is 4.98 Å². The summed E-state index contributed by atoms with van der Waals surface area (Å²) in [5, 5.41) is 0. The fraction of sp³-hybridized carbons (Fsp3) is 0.400. The molecule has 0 atom stereocenters. The van der Waals surface area contributed by atoms with E-state index in [0.29, 0.717) is 5.82 Å². The minimum absolute atomic E-state index is 0.715. The number of anilines is 1. The van der Waals surface area contributed by atoms with Crippen LogP contribution in [-0.2, 0) is 6.42 Å². The summed E-state index contributed by atoms with van der Waals surface area (Å²) in [4.78, 5) is 3.05. The minimum atomic E-state index is 0.715. The molecule has 0 bridgehead atoms. The van der Waals surface area contributed by atoms with E-state index in [9.17, 15) is 0 Å². The molecule has 0 amide bonds. The van der Waals surface area contributed by atoms with Crippen LogP contribution < -0.4 is 5.73 Å². The Bertz CT molecular complexity index is 236. The number of aryl methyl sites for hydroxylation is 1. The molecule has 0 saturated heterocycles. The highest BCUT2D eigenvalue weighted by molar-refractivity contribution is 5.56. The number of aromatic amines is 1. The second-order valence-corrected chi connectivity index (χ2v) is 2.22. The fourth-order valence-corrected chi connectivity index (χ4v) is 1.01. The van der Waals surface area contributed by atoms with Gasteiger partial charge in [-0.1, -0.05) is 33.4 Å². The van der Waals surface area contributed by atoms with E-state index in [1.165, 1.54) is 0 Å². The van der Waals surface area contributed by atoms with Crippen LogP contribution in [0.1, 0.15) is 32.0 Å². The second kappa shape index (κ2) is 5.47. The topological polar surface area (TPSA) is 41.8 Å². The summed E-state index contributed by atoms with van der Waals surface area (Å²) < 4.78 is 0. The first-order valence-electron chi connectivity index (χ1n) is 4.37. The van der Waals surface area contributed by atoms with Crippen LogP contribution in [0.5, 0.6) is 0 Å². The van der Waals surface area contributed by atoms with Crippen LogP contribution in [0.15, 0.2) is 12.6 Å². The normalized spacial score (nSPS) is 8.58. The lowest BCUT2D eigenvalue weighted by Gasteiger charge is -1.90. The number of rotatable bonds is 2. The number of nitrogen functional groups attached to an aromatic ring is 1. The van der Waals surface area contributed by atoms with E-state index in [-0.39, 0.29) is 0 Å². The summed E-state index contributed by atoms with van der Waals surface area (Å²) in [5.74, 6) is 0.715. The molecule has 3 N–H and O–H groups in total. The van der Waals surface area contributed by atoms with Gasteiger partial charge in [-0.2, -0.15) is 0 Å². The van der Waals surface area contributed by atoms with Gasteiger partial charge in [-0.3, -0.25) is 0 Å².